The van der Waals surface area contributed by atoms with Crippen LogP contribution in [0.4, 0.5) is 10.1 Å². The summed E-state index contributed by atoms with van der Waals surface area (Å²) in [6.07, 6.45) is 0.462. The average Bonchev–Trinajstić information content (AvgIpc) is 2.58. The molecule has 3 nitrogen and oxygen atoms in total. The summed E-state index contributed by atoms with van der Waals surface area (Å²) in [5, 5.41) is 0. The van der Waals surface area contributed by atoms with Gasteiger partial charge in [0, 0.05) is 31.9 Å². The molecular formula is C19H21FN2O. The molecule has 3 rings (SSSR count). The van der Waals surface area contributed by atoms with Crippen molar-refractivity contribution in [3.05, 3.63) is 65.5 Å². The van der Waals surface area contributed by atoms with Gasteiger partial charge in [-0.2, -0.15) is 0 Å². The van der Waals surface area contributed by atoms with E-state index in [4.69, 9.17) is 0 Å². The topological polar surface area (TPSA) is 23.6 Å². The van der Waals surface area contributed by atoms with Gasteiger partial charge in [0.1, 0.15) is 5.82 Å². The van der Waals surface area contributed by atoms with E-state index in [1.54, 1.807) is 12.1 Å². The zero-order chi connectivity index (χ0) is 16.2. The van der Waals surface area contributed by atoms with E-state index in [9.17, 15) is 9.18 Å². The molecule has 1 amide bonds. The monoisotopic (exact) mass is 312 g/mol. The van der Waals surface area contributed by atoms with Crippen LogP contribution in [-0.4, -0.2) is 37.0 Å². The smallest absolute Gasteiger partial charge is 0.227 e. The molecule has 0 saturated carbocycles. The second kappa shape index (κ2) is 6.82. The minimum Gasteiger partial charge on any atom is -0.368 e. The number of hydrogen-bond acceptors (Lipinski definition) is 2. The van der Waals surface area contributed by atoms with Crippen LogP contribution in [0.25, 0.3) is 0 Å². The van der Waals surface area contributed by atoms with E-state index in [1.807, 2.05) is 36.1 Å². The van der Waals surface area contributed by atoms with E-state index in [0.29, 0.717) is 19.5 Å². The first-order valence-corrected chi connectivity index (χ1v) is 7.96. The standard InChI is InChI=1S/C19H21FN2O/c1-15-4-2-3-5-16(15)14-19(23)22-12-10-21(11-13-22)18-8-6-17(20)7-9-18/h2-9H,10-14H2,1H3. The highest BCUT2D eigenvalue weighted by molar-refractivity contribution is 5.79. The van der Waals surface area contributed by atoms with Gasteiger partial charge < -0.3 is 9.80 Å². The van der Waals surface area contributed by atoms with Crippen LogP contribution in [-0.2, 0) is 11.2 Å². The number of aryl methyl sites for hydroxylation is 1. The number of halogens is 1. The predicted octanol–water partition coefficient (Wildman–Crippen LogP) is 3.03. The van der Waals surface area contributed by atoms with Crippen LogP contribution in [0.1, 0.15) is 11.1 Å². The molecule has 1 aliphatic heterocycles. The molecule has 0 atom stereocenters. The number of hydrogen-bond donors (Lipinski definition) is 0. The lowest BCUT2D eigenvalue weighted by molar-refractivity contribution is -0.130. The second-order valence-electron chi connectivity index (χ2n) is 5.95. The van der Waals surface area contributed by atoms with Crippen molar-refractivity contribution in [1.82, 2.24) is 4.90 Å². The van der Waals surface area contributed by atoms with Crippen molar-refractivity contribution in [3.63, 3.8) is 0 Å². The van der Waals surface area contributed by atoms with Crippen LogP contribution in [0, 0.1) is 12.7 Å². The predicted molar refractivity (Wildman–Crippen MR) is 90.1 cm³/mol. The first-order valence-electron chi connectivity index (χ1n) is 7.96. The first kappa shape index (κ1) is 15.5. The minimum atomic E-state index is -0.221. The van der Waals surface area contributed by atoms with Gasteiger partial charge in [-0.25, -0.2) is 4.39 Å². The van der Waals surface area contributed by atoms with Gasteiger partial charge in [-0.1, -0.05) is 24.3 Å². The fourth-order valence-corrected chi connectivity index (χ4v) is 2.95. The molecule has 120 valence electrons. The van der Waals surface area contributed by atoms with Crippen molar-refractivity contribution in [2.45, 2.75) is 13.3 Å². The normalized spacial score (nSPS) is 14.9. The fourth-order valence-electron chi connectivity index (χ4n) is 2.95. The Morgan fingerprint density at radius 2 is 1.65 bits per heavy atom. The lowest BCUT2D eigenvalue weighted by Crippen LogP contribution is -2.49. The first-order chi connectivity index (χ1) is 11.1. The largest absolute Gasteiger partial charge is 0.368 e. The summed E-state index contributed by atoms with van der Waals surface area (Å²) >= 11 is 0. The van der Waals surface area contributed by atoms with Crippen LogP contribution in [0.15, 0.2) is 48.5 Å². The zero-order valence-corrected chi connectivity index (χ0v) is 13.3. The Bertz CT molecular complexity index is 676. The maximum absolute atomic E-state index is 13.0. The summed E-state index contributed by atoms with van der Waals surface area (Å²) in [6, 6.07) is 14.6. The Morgan fingerprint density at radius 3 is 2.30 bits per heavy atom. The van der Waals surface area contributed by atoms with Gasteiger partial charge >= 0.3 is 0 Å². The van der Waals surface area contributed by atoms with Crippen LogP contribution in [0.2, 0.25) is 0 Å². The number of anilines is 1. The number of piperazine rings is 1. The van der Waals surface area contributed by atoms with Crippen molar-refractivity contribution >= 4 is 11.6 Å². The van der Waals surface area contributed by atoms with Gasteiger partial charge in [0.05, 0.1) is 6.42 Å². The number of carbonyl (C=O) groups is 1. The molecule has 2 aromatic carbocycles. The third-order valence-electron chi connectivity index (χ3n) is 4.43. The van der Waals surface area contributed by atoms with Gasteiger partial charge in [-0.3, -0.25) is 4.79 Å². The quantitative estimate of drug-likeness (QED) is 0.870. The number of rotatable bonds is 3. The lowest BCUT2D eigenvalue weighted by Gasteiger charge is -2.36. The molecule has 1 heterocycles. The van der Waals surface area contributed by atoms with Gasteiger partial charge in [-0.15, -0.1) is 0 Å². The van der Waals surface area contributed by atoms with Gasteiger partial charge in [0.15, 0.2) is 0 Å². The summed E-state index contributed by atoms with van der Waals surface area (Å²) in [5.74, 6) is -0.0427. The Hall–Kier alpha value is -2.36. The van der Waals surface area contributed by atoms with E-state index in [1.165, 1.54) is 12.1 Å². The van der Waals surface area contributed by atoms with E-state index >= 15 is 0 Å². The summed E-state index contributed by atoms with van der Waals surface area (Å²) in [4.78, 5) is 16.6. The van der Waals surface area contributed by atoms with Crippen LogP contribution < -0.4 is 4.90 Å². The second-order valence-corrected chi connectivity index (χ2v) is 5.95. The Morgan fingerprint density at radius 1 is 1.00 bits per heavy atom. The Labute approximate surface area is 136 Å². The summed E-state index contributed by atoms with van der Waals surface area (Å²) < 4.78 is 13.0. The lowest BCUT2D eigenvalue weighted by atomic mass is 10.1. The van der Waals surface area contributed by atoms with Gasteiger partial charge in [-0.05, 0) is 42.3 Å². The van der Waals surface area contributed by atoms with Gasteiger partial charge in [0.2, 0.25) is 5.91 Å². The van der Waals surface area contributed by atoms with Crippen molar-refractivity contribution in [1.29, 1.82) is 0 Å². The van der Waals surface area contributed by atoms with Crippen molar-refractivity contribution < 1.29 is 9.18 Å². The van der Waals surface area contributed by atoms with E-state index < -0.39 is 0 Å². The van der Waals surface area contributed by atoms with Gasteiger partial charge in [0.25, 0.3) is 0 Å². The van der Waals surface area contributed by atoms with E-state index in [0.717, 1.165) is 29.9 Å². The molecule has 1 fully saturated rings. The molecule has 0 N–H and O–H groups in total. The van der Waals surface area contributed by atoms with E-state index in [2.05, 4.69) is 4.90 Å². The third-order valence-corrected chi connectivity index (χ3v) is 4.43. The van der Waals surface area contributed by atoms with Crippen molar-refractivity contribution in [2.75, 3.05) is 31.1 Å². The highest BCUT2D eigenvalue weighted by Gasteiger charge is 2.21. The molecule has 0 spiro atoms. The Balaban J connectivity index is 1.57. The maximum atomic E-state index is 13.0. The molecule has 0 bridgehead atoms. The number of nitrogens with zero attached hydrogens (tertiary/aromatic N) is 2. The summed E-state index contributed by atoms with van der Waals surface area (Å²) in [7, 11) is 0. The summed E-state index contributed by atoms with van der Waals surface area (Å²) in [6.45, 7) is 5.02. The van der Waals surface area contributed by atoms with Crippen molar-refractivity contribution in [3.8, 4) is 0 Å². The summed E-state index contributed by atoms with van der Waals surface area (Å²) in [5.41, 5.74) is 3.27. The molecule has 23 heavy (non-hydrogen) atoms. The highest BCUT2D eigenvalue weighted by Crippen LogP contribution is 2.17. The molecule has 2 aromatic rings. The zero-order valence-electron chi connectivity index (χ0n) is 13.3. The van der Waals surface area contributed by atoms with Crippen LogP contribution in [0.3, 0.4) is 0 Å². The SMILES string of the molecule is Cc1ccccc1CC(=O)N1CCN(c2ccc(F)cc2)CC1. The highest BCUT2D eigenvalue weighted by atomic mass is 19.1. The number of carbonyl (C=O) groups excluding carboxylic acids is 1. The van der Waals surface area contributed by atoms with E-state index in [-0.39, 0.29) is 11.7 Å². The average molecular weight is 312 g/mol. The van der Waals surface area contributed by atoms with Crippen LogP contribution in [0.5, 0.6) is 0 Å². The molecule has 1 saturated heterocycles. The molecule has 0 aliphatic carbocycles. The number of amides is 1. The van der Waals surface area contributed by atoms with Crippen molar-refractivity contribution in [2.24, 2.45) is 0 Å². The molecule has 0 radical (unpaired) electrons. The Kier molecular flexibility index (Phi) is 4.60. The fraction of sp³-hybridized carbons (Fsp3) is 0.316. The van der Waals surface area contributed by atoms with Crippen LogP contribution >= 0.6 is 0 Å². The number of benzene rings is 2. The molecular weight excluding hydrogens is 291 g/mol. The third kappa shape index (κ3) is 3.70. The maximum Gasteiger partial charge on any atom is 0.227 e. The molecule has 4 heteroatoms. The molecule has 1 aliphatic rings. The molecule has 0 aromatic heterocycles. The molecule has 0 unspecified atom stereocenters. The minimum absolute atomic E-state index is 0.179.